The van der Waals surface area contributed by atoms with Crippen molar-refractivity contribution in [1.29, 1.82) is 5.26 Å². The van der Waals surface area contributed by atoms with E-state index in [-0.39, 0.29) is 0 Å². The minimum absolute atomic E-state index is 0.442. The lowest BCUT2D eigenvalue weighted by Gasteiger charge is -2.34. The van der Waals surface area contributed by atoms with Crippen LogP contribution in [0.5, 0.6) is 0 Å². The van der Waals surface area contributed by atoms with Gasteiger partial charge >= 0.3 is 0 Å². The van der Waals surface area contributed by atoms with Crippen LogP contribution in [-0.4, -0.2) is 28.5 Å². The maximum absolute atomic E-state index is 10.3. The molecule has 0 saturated heterocycles. The lowest BCUT2D eigenvalue weighted by atomic mass is 9.75. The number of aryl methyl sites for hydroxylation is 1. The summed E-state index contributed by atoms with van der Waals surface area (Å²) in [5.74, 6) is 0. The Bertz CT molecular complexity index is 708. The molecule has 25 heavy (non-hydrogen) atoms. The Labute approximate surface area is 152 Å². The Hall–Kier alpha value is -2.18. The van der Waals surface area contributed by atoms with Gasteiger partial charge in [0.05, 0.1) is 11.8 Å². The summed E-state index contributed by atoms with van der Waals surface area (Å²) >= 11 is 0. The molecular formula is C22H29N3. The molecule has 1 aromatic carbocycles. The molecule has 0 aliphatic rings. The largest absolute Gasteiger partial charge is 0.298 e. The first-order chi connectivity index (χ1) is 11.9. The number of aromatic nitrogens is 1. The van der Waals surface area contributed by atoms with E-state index in [0.29, 0.717) is 12.1 Å². The molecule has 1 atom stereocenters. The predicted molar refractivity (Wildman–Crippen MR) is 103 cm³/mol. The van der Waals surface area contributed by atoms with E-state index >= 15 is 0 Å². The first-order valence-electron chi connectivity index (χ1n) is 9.06. The van der Waals surface area contributed by atoms with Crippen LogP contribution in [0.2, 0.25) is 0 Å². The number of benzene rings is 1. The molecule has 0 N–H and O–H groups in total. The van der Waals surface area contributed by atoms with Gasteiger partial charge in [0.2, 0.25) is 0 Å². The molecular weight excluding hydrogens is 306 g/mol. The molecule has 0 aliphatic carbocycles. The van der Waals surface area contributed by atoms with Crippen molar-refractivity contribution in [3.05, 3.63) is 65.5 Å². The van der Waals surface area contributed by atoms with Crippen LogP contribution in [-0.2, 0) is 5.41 Å². The van der Waals surface area contributed by atoms with Crippen LogP contribution in [0.25, 0.3) is 0 Å². The molecule has 2 rings (SSSR count). The number of pyridine rings is 1. The smallest absolute Gasteiger partial charge is 0.125 e. The summed E-state index contributed by atoms with van der Waals surface area (Å²) in [4.78, 5) is 6.99. The molecule has 0 bridgehead atoms. The van der Waals surface area contributed by atoms with Crippen LogP contribution in [0.1, 0.15) is 50.9 Å². The Morgan fingerprint density at radius 3 is 2.32 bits per heavy atom. The van der Waals surface area contributed by atoms with Crippen molar-refractivity contribution in [1.82, 2.24) is 9.88 Å². The third kappa shape index (κ3) is 4.27. The highest BCUT2D eigenvalue weighted by atomic mass is 15.2. The van der Waals surface area contributed by atoms with Crippen LogP contribution in [0.3, 0.4) is 0 Å². The summed E-state index contributed by atoms with van der Waals surface area (Å²) in [6.07, 6.45) is 2.50. The molecule has 3 heteroatoms. The molecule has 0 spiro atoms. The maximum Gasteiger partial charge on any atom is 0.125 e. The molecule has 0 amide bonds. The molecule has 0 aliphatic heterocycles. The van der Waals surface area contributed by atoms with Gasteiger partial charge in [0.25, 0.3) is 0 Å². The van der Waals surface area contributed by atoms with Gasteiger partial charge in [0.15, 0.2) is 0 Å². The second-order valence-corrected chi connectivity index (χ2v) is 7.28. The van der Waals surface area contributed by atoms with Gasteiger partial charge in [-0.25, -0.2) is 0 Å². The quantitative estimate of drug-likeness (QED) is 0.736. The topological polar surface area (TPSA) is 39.9 Å². The van der Waals surface area contributed by atoms with Crippen molar-refractivity contribution < 1.29 is 0 Å². The second-order valence-electron chi connectivity index (χ2n) is 7.28. The monoisotopic (exact) mass is 335 g/mol. The fraction of sp³-hybridized carbons (Fsp3) is 0.455. The van der Waals surface area contributed by atoms with E-state index in [1.54, 1.807) is 6.20 Å². The van der Waals surface area contributed by atoms with Crippen molar-refractivity contribution in [3.63, 3.8) is 0 Å². The standard InChI is InChI=1S/C22H29N3/c1-17(2)25(18(3)4)14-12-22(16-23,21-11-6-7-13-24-21)20-10-8-9-19(5)15-20/h6-11,13,15,17-18H,12,14H2,1-5H3. The number of nitriles is 1. The Morgan fingerprint density at radius 2 is 1.80 bits per heavy atom. The van der Waals surface area contributed by atoms with Gasteiger partial charge in [-0.3, -0.25) is 9.88 Å². The zero-order chi connectivity index (χ0) is 18.4. The molecule has 0 fully saturated rings. The zero-order valence-electron chi connectivity index (χ0n) is 16.0. The second kappa shape index (κ2) is 8.27. The van der Waals surface area contributed by atoms with Gasteiger partial charge in [-0.2, -0.15) is 5.26 Å². The van der Waals surface area contributed by atoms with E-state index in [2.05, 4.69) is 68.8 Å². The van der Waals surface area contributed by atoms with E-state index < -0.39 is 5.41 Å². The van der Waals surface area contributed by atoms with Crippen LogP contribution >= 0.6 is 0 Å². The van der Waals surface area contributed by atoms with Crippen molar-refractivity contribution in [2.24, 2.45) is 0 Å². The minimum atomic E-state index is -0.727. The van der Waals surface area contributed by atoms with Crippen molar-refractivity contribution in [2.45, 2.75) is 58.5 Å². The molecule has 2 aromatic rings. The molecule has 3 nitrogen and oxygen atoms in total. The lowest BCUT2D eigenvalue weighted by molar-refractivity contribution is 0.166. The number of hydrogen-bond donors (Lipinski definition) is 0. The van der Waals surface area contributed by atoms with Crippen molar-refractivity contribution in [3.8, 4) is 6.07 Å². The normalized spacial score (nSPS) is 13.9. The highest BCUT2D eigenvalue weighted by Crippen LogP contribution is 2.35. The van der Waals surface area contributed by atoms with E-state index in [0.717, 1.165) is 29.8 Å². The van der Waals surface area contributed by atoms with Gasteiger partial charge in [0.1, 0.15) is 5.41 Å². The van der Waals surface area contributed by atoms with Crippen molar-refractivity contribution in [2.75, 3.05) is 6.54 Å². The fourth-order valence-electron chi connectivity index (χ4n) is 3.53. The zero-order valence-corrected chi connectivity index (χ0v) is 16.0. The third-order valence-electron chi connectivity index (χ3n) is 4.88. The Morgan fingerprint density at radius 1 is 1.08 bits per heavy atom. The van der Waals surface area contributed by atoms with Crippen LogP contribution in [0, 0.1) is 18.3 Å². The summed E-state index contributed by atoms with van der Waals surface area (Å²) in [6, 6.07) is 17.6. The number of nitrogens with zero attached hydrogens (tertiary/aromatic N) is 3. The lowest BCUT2D eigenvalue weighted by Crippen LogP contribution is -2.41. The molecule has 1 aromatic heterocycles. The van der Waals surface area contributed by atoms with Gasteiger partial charge in [-0.05, 0) is 58.7 Å². The first-order valence-corrected chi connectivity index (χ1v) is 9.06. The molecule has 0 saturated carbocycles. The SMILES string of the molecule is Cc1cccc(C(C#N)(CCN(C(C)C)C(C)C)c2ccccn2)c1. The maximum atomic E-state index is 10.3. The first kappa shape index (κ1) is 19.1. The Kier molecular flexibility index (Phi) is 6.33. The van der Waals surface area contributed by atoms with Gasteiger partial charge < -0.3 is 0 Å². The van der Waals surface area contributed by atoms with E-state index in [4.69, 9.17) is 0 Å². The van der Waals surface area contributed by atoms with Gasteiger partial charge in [-0.15, -0.1) is 0 Å². The average Bonchev–Trinajstić information content (AvgIpc) is 2.59. The third-order valence-corrected chi connectivity index (χ3v) is 4.88. The number of rotatable bonds is 7. The summed E-state index contributed by atoms with van der Waals surface area (Å²) in [7, 11) is 0. The summed E-state index contributed by atoms with van der Waals surface area (Å²) in [5.41, 5.74) is 2.30. The van der Waals surface area contributed by atoms with E-state index in [1.165, 1.54) is 0 Å². The number of hydrogen-bond acceptors (Lipinski definition) is 3. The van der Waals surface area contributed by atoms with E-state index in [9.17, 15) is 5.26 Å². The van der Waals surface area contributed by atoms with Crippen molar-refractivity contribution >= 4 is 0 Å². The molecule has 0 radical (unpaired) electrons. The Balaban J connectivity index is 2.48. The predicted octanol–water partition coefficient (Wildman–Crippen LogP) is 4.71. The molecule has 132 valence electrons. The minimum Gasteiger partial charge on any atom is -0.298 e. The average molecular weight is 335 g/mol. The van der Waals surface area contributed by atoms with Gasteiger partial charge in [-0.1, -0.05) is 35.9 Å². The van der Waals surface area contributed by atoms with Gasteiger partial charge in [0, 0.05) is 24.8 Å². The summed E-state index contributed by atoms with van der Waals surface area (Å²) in [6.45, 7) is 11.8. The van der Waals surface area contributed by atoms with Crippen LogP contribution in [0.4, 0.5) is 0 Å². The molecule has 1 unspecified atom stereocenters. The summed E-state index contributed by atoms with van der Waals surface area (Å²) < 4.78 is 0. The fourth-order valence-corrected chi connectivity index (χ4v) is 3.53. The summed E-state index contributed by atoms with van der Waals surface area (Å²) in [5, 5.41) is 10.3. The van der Waals surface area contributed by atoms with Crippen LogP contribution < -0.4 is 0 Å². The highest BCUT2D eigenvalue weighted by Gasteiger charge is 2.36. The van der Waals surface area contributed by atoms with E-state index in [1.807, 2.05) is 24.3 Å². The highest BCUT2D eigenvalue weighted by molar-refractivity contribution is 5.44. The molecule has 1 heterocycles. The van der Waals surface area contributed by atoms with Crippen LogP contribution in [0.15, 0.2) is 48.7 Å².